The van der Waals surface area contributed by atoms with Crippen molar-refractivity contribution in [3.63, 3.8) is 0 Å². The van der Waals surface area contributed by atoms with E-state index in [1.807, 2.05) is 23.7 Å². The molecular weight excluding hydrogens is 346 g/mol. The van der Waals surface area contributed by atoms with Crippen LogP contribution in [0.5, 0.6) is 0 Å². The first-order valence-electron chi connectivity index (χ1n) is 8.72. The van der Waals surface area contributed by atoms with Crippen LogP contribution in [0.25, 0.3) is 28.1 Å². The first-order chi connectivity index (χ1) is 12.9. The molecule has 4 aromatic rings. The van der Waals surface area contributed by atoms with Gasteiger partial charge < -0.3 is 9.42 Å². The van der Waals surface area contributed by atoms with Crippen LogP contribution in [0.3, 0.4) is 0 Å². The molecule has 1 fully saturated rings. The Kier molecular flexibility index (Phi) is 2.90. The minimum Gasteiger partial charge on any atom is -0.361 e. The summed E-state index contributed by atoms with van der Waals surface area (Å²) in [4.78, 5) is 12.7. The van der Waals surface area contributed by atoms with Crippen LogP contribution < -0.4 is 4.90 Å². The summed E-state index contributed by atoms with van der Waals surface area (Å²) in [5.41, 5.74) is 3.58. The van der Waals surface area contributed by atoms with Crippen LogP contribution in [-0.2, 0) is 0 Å². The molecule has 7 heteroatoms. The Morgan fingerprint density at radius 1 is 1.12 bits per heavy atom. The van der Waals surface area contributed by atoms with E-state index in [2.05, 4.69) is 48.9 Å². The van der Waals surface area contributed by atoms with Crippen LogP contribution in [0, 0.1) is 0 Å². The lowest BCUT2D eigenvalue weighted by Crippen LogP contribution is -2.29. The molecule has 6 rings (SSSR count). The highest BCUT2D eigenvalue weighted by Crippen LogP contribution is 2.45. The molecule has 2 aliphatic rings. The smallest absolute Gasteiger partial charge is 0.294 e. The van der Waals surface area contributed by atoms with Gasteiger partial charge in [-0.1, -0.05) is 23.4 Å². The highest BCUT2D eigenvalue weighted by Gasteiger charge is 2.37. The lowest BCUT2D eigenvalue weighted by Gasteiger charge is -2.34. The molecular formula is C19H15N5OS. The number of benzene rings is 1. The highest BCUT2D eigenvalue weighted by molar-refractivity contribution is 7.13. The molecule has 0 saturated carbocycles. The van der Waals surface area contributed by atoms with Gasteiger partial charge in [-0.25, -0.2) is 4.98 Å². The molecule has 0 amide bonds. The Balaban J connectivity index is 1.54. The molecule has 1 unspecified atom stereocenters. The van der Waals surface area contributed by atoms with Gasteiger partial charge in [0.15, 0.2) is 0 Å². The second-order valence-corrected chi connectivity index (χ2v) is 7.53. The molecule has 0 radical (unpaired) electrons. The van der Waals surface area contributed by atoms with Crippen molar-refractivity contribution in [1.29, 1.82) is 0 Å². The molecule has 6 nitrogen and oxygen atoms in total. The standard InChI is InChI=1S/C19H15N5OS/c1-2-6-14-12(5-1)23-9-3-7-13(23)15-11-20-18(24(14)15)19-21-17(22-25-19)16-8-4-10-26-16/h1-2,4-6,8,10-11,13H,3,7,9H2. The van der Waals surface area contributed by atoms with E-state index in [4.69, 9.17) is 4.52 Å². The van der Waals surface area contributed by atoms with E-state index in [1.54, 1.807) is 11.3 Å². The van der Waals surface area contributed by atoms with Gasteiger partial charge >= 0.3 is 0 Å². The number of nitrogens with zero attached hydrogens (tertiary/aromatic N) is 5. The predicted molar refractivity (Wildman–Crippen MR) is 99.5 cm³/mol. The Morgan fingerprint density at radius 3 is 2.92 bits per heavy atom. The third kappa shape index (κ3) is 1.89. The largest absolute Gasteiger partial charge is 0.361 e. The summed E-state index contributed by atoms with van der Waals surface area (Å²) in [6, 6.07) is 12.8. The van der Waals surface area contributed by atoms with Crippen molar-refractivity contribution >= 4 is 17.0 Å². The third-order valence-corrected chi connectivity index (χ3v) is 6.04. The molecule has 1 saturated heterocycles. The number of fused-ring (bicyclic) bond motifs is 6. The number of hydrogen-bond acceptors (Lipinski definition) is 6. The van der Waals surface area contributed by atoms with Crippen LogP contribution in [0.2, 0.25) is 0 Å². The van der Waals surface area contributed by atoms with Crippen LogP contribution in [-0.4, -0.2) is 26.2 Å². The zero-order valence-electron chi connectivity index (χ0n) is 13.9. The maximum atomic E-state index is 5.57. The molecule has 0 spiro atoms. The second-order valence-electron chi connectivity index (χ2n) is 6.58. The molecule has 2 aliphatic heterocycles. The minimum absolute atomic E-state index is 0.367. The van der Waals surface area contributed by atoms with Crippen molar-refractivity contribution in [1.82, 2.24) is 19.7 Å². The van der Waals surface area contributed by atoms with Gasteiger partial charge in [-0.15, -0.1) is 11.3 Å². The molecule has 128 valence electrons. The number of para-hydroxylation sites is 2. The summed E-state index contributed by atoms with van der Waals surface area (Å²) < 4.78 is 7.76. The first kappa shape index (κ1) is 14.3. The second kappa shape index (κ2) is 5.28. The average Bonchev–Trinajstić information content (AvgIpc) is 3.47. The molecule has 0 bridgehead atoms. The Bertz CT molecular complexity index is 1100. The minimum atomic E-state index is 0.367. The number of imidazole rings is 1. The number of anilines is 1. The third-order valence-electron chi connectivity index (χ3n) is 5.17. The van der Waals surface area contributed by atoms with Crippen molar-refractivity contribution in [3.8, 4) is 28.1 Å². The van der Waals surface area contributed by atoms with Crippen LogP contribution in [0.1, 0.15) is 24.6 Å². The highest BCUT2D eigenvalue weighted by atomic mass is 32.1. The quantitative estimate of drug-likeness (QED) is 0.532. The fraction of sp³-hybridized carbons (Fsp3) is 0.211. The van der Waals surface area contributed by atoms with Gasteiger partial charge in [0.25, 0.3) is 5.89 Å². The number of hydrogen-bond donors (Lipinski definition) is 0. The molecule has 26 heavy (non-hydrogen) atoms. The zero-order valence-corrected chi connectivity index (χ0v) is 14.7. The lowest BCUT2D eigenvalue weighted by atomic mass is 10.1. The molecule has 3 aromatic heterocycles. The van der Waals surface area contributed by atoms with E-state index < -0.39 is 0 Å². The fourth-order valence-electron chi connectivity index (χ4n) is 4.08. The van der Waals surface area contributed by atoms with E-state index in [0.29, 0.717) is 23.6 Å². The predicted octanol–water partition coefficient (Wildman–Crippen LogP) is 4.31. The van der Waals surface area contributed by atoms with E-state index in [-0.39, 0.29) is 0 Å². The Morgan fingerprint density at radius 2 is 2.04 bits per heavy atom. The van der Waals surface area contributed by atoms with Gasteiger partial charge in [-0.05, 0) is 36.4 Å². The Labute approximate surface area is 153 Å². The van der Waals surface area contributed by atoms with Gasteiger partial charge in [-0.3, -0.25) is 4.57 Å². The number of thiophene rings is 1. The first-order valence-corrected chi connectivity index (χ1v) is 9.60. The SMILES string of the molecule is c1csc(-c2noc(-c3ncc4n3-c3ccccc3N3CCCC43)n2)c1. The number of rotatable bonds is 2. The van der Waals surface area contributed by atoms with Crippen LogP contribution in [0.4, 0.5) is 5.69 Å². The van der Waals surface area contributed by atoms with E-state index in [1.165, 1.54) is 17.8 Å². The maximum Gasteiger partial charge on any atom is 0.294 e. The average molecular weight is 361 g/mol. The topological polar surface area (TPSA) is 60.0 Å². The van der Waals surface area contributed by atoms with Crippen molar-refractivity contribution < 1.29 is 4.52 Å². The summed E-state index contributed by atoms with van der Waals surface area (Å²) in [5.74, 6) is 1.79. The molecule has 0 aliphatic carbocycles. The van der Waals surface area contributed by atoms with Gasteiger partial charge in [0.05, 0.1) is 34.2 Å². The maximum absolute atomic E-state index is 5.57. The summed E-state index contributed by atoms with van der Waals surface area (Å²) in [6.07, 6.45) is 4.30. The summed E-state index contributed by atoms with van der Waals surface area (Å²) in [5, 5.41) is 6.15. The summed E-state index contributed by atoms with van der Waals surface area (Å²) >= 11 is 1.60. The van der Waals surface area contributed by atoms with Crippen molar-refractivity contribution in [2.45, 2.75) is 18.9 Å². The van der Waals surface area contributed by atoms with Crippen molar-refractivity contribution in [2.24, 2.45) is 0 Å². The lowest BCUT2D eigenvalue weighted by molar-refractivity contribution is 0.428. The summed E-state index contributed by atoms with van der Waals surface area (Å²) in [7, 11) is 0. The van der Waals surface area contributed by atoms with Crippen LogP contribution in [0.15, 0.2) is 52.5 Å². The van der Waals surface area contributed by atoms with E-state index in [0.717, 1.165) is 23.5 Å². The molecule has 5 heterocycles. The van der Waals surface area contributed by atoms with Gasteiger partial charge in [0.1, 0.15) is 0 Å². The summed E-state index contributed by atoms with van der Waals surface area (Å²) in [6.45, 7) is 1.09. The molecule has 1 aromatic carbocycles. The van der Waals surface area contributed by atoms with Crippen molar-refractivity contribution in [3.05, 3.63) is 53.7 Å². The van der Waals surface area contributed by atoms with Crippen LogP contribution >= 0.6 is 11.3 Å². The monoisotopic (exact) mass is 361 g/mol. The van der Waals surface area contributed by atoms with Gasteiger partial charge in [0, 0.05) is 6.54 Å². The molecule has 0 N–H and O–H groups in total. The fourth-order valence-corrected chi connectivity index (χ4v) is 4.73. The van der Waals surface area contributed by atoms with Crippen molar-refractivity contribution in [2.75, 3.05) is 11.4 Å². The van der Waals surface area contributed by atoms with Gasteiger partial charge in [0.2, 0.25) is 11.6 Å². The van der Waals surface area contributed by atoms with E-state index in [9.17, 15) is 0 Å². The zero-order chi connectivity index (χ0) is 17.1. The number of aromatic nitrogens is 4. The van der Waals surface area contributed by atoms with Gasteiger partial charge in [-0.2, -0.15) is 4.98 Å². The molecule has 1 atom stereocenters. The normalized spacial score (nSPS) is 17.8. The Hall–Kier alpha value is -2.93. The van der Waals surface area contributed by atoms with E-state index >= 15 is 0 Å².